The molecule has 1 aromatic rings. The number of amides is 1. The number of nitrogens with one attached hydrogen (secondary N) is 3. The molecule has 0 bridgehead atoms. The zero-order valence-corrected chi connectivity index (χ0v) is 12.3. The molecule has 21 heavy (non-hydrogen) atoms. The van der Waals surface area contributed by atoms with Gasteiger partial charge < -0.3 is 10.1 Å². The van der Waals surface area contributed by atoms with Crippen molar-refractivity contribution >= 4 is 11.9 Å². The van der Waals surface area contributed by atoms with E-state index in [4.69, 9.17) is 4.74 Å². The minimum absolute atomic E-state index is 0.119. The quantitative estimate of drug-likeness (QED) is 0.671. The van der Waals surface area contributed by atoms with Gasteiger partial charge in [-0.25, -0.2) is 5.43 Å². The van der Waals surface area contributed by atoms with Gasteiger partial charge in [-0.1, -0.05) is 30.3 Å². The molecule has 0 saturated carbocycles. The Morgan fingerprint density at radius 3 is 2.67 bits per heavy atom. The normalized spacial score (nSPS) is 20.6. The van der Waals surface area contributed by atoms with Crippen molar-refractivity contribution in [3.63, 3.8) is 0 Å². The highest BCUT2D eigenvalue weighted by Gasteiger charge is 2.37. The minimum atomic E-state index is -0.905. The summed E-state index contributed by atoms with van der Waals surface area (Å²) in [5.74, 6) is -0.488. The molecule has 3 N–H and O–H groups in total. The number of benzene rings is 1. The van der Waals surface area contributed by atoms with Crippen molar-refractivity contribution in [2.24, 2.45) is 0 Å². The second-order valence-electron chi connectivity index (χ2n) is 5.32. The monoisotopic (exact) mass is 291 g/mol. The van der Waals surface area contributed by atoms with Gasteiger partial charge in [0.1, 0.15) is 11.5 Å². The Morgan fingerprint density at radius 2 is 2.10 bits per heavy atom. The Balaban J connectivity index is 2.10. The van der Waals surface area contributed by atoms with Crippen LogP contribution >= 0.6 is 0 Å². The molecule has 1 aromatic carbocycles. The maximum atomic E-state index is 12.2. The second-order valence-corrected chi connectivity index (χ2v) is 5.32. The summed E-state index contributed by atoms with van der Waals surface area (Å²) in [6.07, 6.45) is 0.728. The molecule has 1 saturated heterocycles. The SMILES string of the molecule is COC(=O)C(C)(CNC(=O)C1CCNN1)c1ccccc1. The van der Waals surface area contributed by atoms with Gasteiger partial charge in [-0.3, -0.25) is 15.0 Å². The molecule has 2 atom stereocenters. The van der Waals surface area contributed by atoms with Gasteiger partial charge in [0.25, 0.3) is 0 Å². The zero-order chi connectivity index (χ0) is 15.3. The third-order valence-electron chi connectivity index (χ3n) is 3.81. The maximum Gasteiger partial charge on any atom is 0.317 e. The molecule has 0 radical (unpaired) electrons. The Labute approximate surface area is 124 Å². The molecule has 114 valence electrons. The van der Waals surface area contributed by atoms with Gasteiger partial charge >= 0.3 is 5.97 Å². The lowest BCUT2D eigenvalue weighted by molar-refractivity contribution is -0.147. The van der Waals surface area contributed by atoms with Crippen LogP contribution in [0.1, 0.15) is 18.9 Å². The van der Waals surface area contributed by atoms with E-state index in [1.807, 2.05) is 30.3 Å². The van der Waals surface area contributed by atoms with E-state index < -0.39 is 5.41 Å². The Bertz CT molecular complexity index is 500. The van der Waals surface area contributed by atoms with Gasteiger partial charge in [0.15, 0.2) is 0 Å². The molecule has 1 heterocycles. The van der Waals surface area contributed by atoms with Crippen molar-refractivity contribution in [2.75, 3.05) is 20.2 Å². The van der Waals surface area contributed by atoms with Crippen LogP contribution in [-0.2, 0) is 19.7 Å². The highest BCUT2D eigenvalue weighted by atomic mass is 16.5. The van der Waals surface area contributed by atoms with Crippen LogP contribution in [-0.4, -0.2) is 38.1 Å². The lowest BCUT2D eigenvalue weighted by atomic mass is 9.82. The summed E-state index contributed by atoms with van der Waals surface area (Å²) in [6.45, 7) is 2.72. The number of carbonyl (C=O) groups is 2. The Hall–Kier alpha value is -1.92. The highest BCUT2D eigenvalue weighted by Crippen LogP contribution is 2.24. The topological polar surface area (TPSA) is 79.5 Å². The zero-order valence-electron chi connectivity index (χ0n) is 12.3. The van der Waals surface area contributed by atoms with Gasteiger partial charge in [0.2, 0.25) is 5.91 Å². The van der Waals surface area contributed by atoms with Gasteiger partial charge in [-0.2, -0.15) is 0 Å². The summed E-state index contributed by atoms with van der Waals surface area (Å²) >= 11 is 0. The fourth-order valence-corrected chi connectivity index (χ4v) is 2.39. The Kier molecular flexibility index (Phi) is 4.93. The van der Waals surface area contributed by atoms with Crippen LogP contribution in [0.25, 0.3) is 0 Å². The fraction of sp³-hybridized carbons (Fsp3) is 0.467. The van der Waals surface area contributed by atoms with E-state index in [9.17, 15) is 9.59 Å². The lowest BCUT2D eigenvalue weighted by Crippen LogP contribution is -2.50. The first-order valence-electron chi connectivity index (χ1n) is 6.98. The minimum Gasteiger partial charge on any atom is -0.468 e. The predicted molar refractivity (Wildman–Crippen MR) is 78.4 cm³/mol. The van der Waals surface area contributed by atoms with Crippen LogP contribution in [0.5, 0.6) is 0 Å². The summed E-state index contributed by atoms with van der Waals surface area (Å²) in [7, 11) is 1.35. The molecule has 6 nitrogen and oxygen atoms in total. The summed E-state index contributed by atoms with van der Waals surface area (Å²) in [5.41, 5.74) is 5.72. The predicted octanol–water partition coefficient (Wildman–Crippen LogP) is 0.100. The van der Waals surface area contributed by atoms with E-state index in [0.717, 1.165) is 18.5 Å². The van der Waals surface area contributed by atoms with Gasteiger partial charge in [-0.15, -0.1) is 0 Å². The third-order valence-corrected chi connectivity index (χ3v) is 3.81. The average Bonchev–Trinajstić information content (AvgIpc) is 3.06. The largest absolute Gasteiger partial charge is 0.468 e. The number of ether oxygens (including phenoxy) is 1. The molecule has 6 heteroatoms. The number of hydrazine groups is 1. The van der Waals surface area contributed by atoms with Crippen molar-refractivity contribution < 1.29 is 14.3 Å². The number of rotatable bonds is 5. The maximum absolute atomic E-state index is 12.2. The van der Waals surface area contributed by atoms with Crippen molar-refractivity contribution in [1.29, 1.82) is 0 Å². The van der Waals surface area contributed by atoms with Gasteiger partial charge in [0.05, 0.1) is 7.11 Å². The number of methoxy groups -OCH3 is 1. The van der Waals surface area contributed by atoms with Crippen molar-refractivity contribution in [1.82, 2.24) is 16.2 Å². The standard InChI is InChI=1S/C15H21N3O3/c1-15(14(20)21-2,11-6-4-3-5-7-11)10-16-13(19)12-8-9-17-18-12/h3-7,12,17-18H,8-10H2,1-2H3,(H,16,19). The summed E-state index contributed by atoms with van der Waals surface area (Å²) in [4.78, 5) is 24.2. The molecular formula is C15H21N3O3. The molecule has 0 spiro atoms. The van der Waals surface area contributed by atoms with Crippen LogP contribution in [0.2, 0.25) is 0 Å². The molecule has 0 aromatic heterocycles. The van der Waals surface area contributed by atoms with Crippen LogP contribution in [0.3, 0.4) is 0 Å². The Morgan fingerprint density at radius 1 is 1.38 bits per heavy atom. The van der Waals surface area contributed by atoms with E-state index >= 15 is 0 Å². The van der Waals surface area contributed by atoms with Crippen LogP contribution in [0.4, 0.5) is 0 Å². The van der Waals surface area contributed by atoms with E-state index in [1.54, 1.807) is 6.92 Å². The fourth-order valence-electron chi connectivity index (χ4n) is 2.39. The average molecular weight is 291 g/mol. The summed E-state index contributed by atoms with van der Waals surface area (Å²) in [5, 5.41) is 2.84. The number of carbonyl (C=O) groups excluding carboxylic acids is 2. The van der Waals surface area contributed by atoms with Gasteiger partial charge in [-0.05, 0) is 18.9 Å². The number of esters is 1. The summed E-state index contributed by atoms with van der Waals surface area (Å²) in [6, 6.07) is 9.06. The van der Waals surface area contributed by atoms with E-state index in [-0.39, 0.29) is 24.5 Å². The van der Waals surface area contributed by atoms with Crippen LogP contribution in [0, 0.1) is 0 Å². The molecule has 0 aliphatic carbocycles. The molecule has 2 unspecified atom stereocenters. The van der Waals surface area contributed by atoms with Crippen molar-refractivity contribution in [2.45, 2.75) is 24.8 Å². The van der Waals surface area contributed by atoms with Gasteiger partial charge in [0, 0.05) is 13.1 Å². The first-order chi connectivity index (χ1) is 10.1. The van der Waals surface area contributed by atoms with Crippen LogP contribution in [0.15, 0.2) is 30.3 Å². The molecule has 1 amide bonds. The lowest BCUT2D eigenvalue weighted by Gasteiger charge is -2.28. The van der Waals surface area contributed by atoms with E-state index in [1.165, 1.54) is 7.11 Å². The smallest absolute Gasteiger partial charge is 0.317 e. The number of hydrogen-bond donors (Lipinski definition) is 3. The second kappa shape index (κ2) is 6.69. The molecule has 1 fully saturated rings. The van der Waals surface area contributed by atoms with Crippen molar-refractivity contribution in [3.8, 4) is 0 Å². The molecule has 1 aliphatic rings. The molecule has 2 rings (SSSR count). The third kappa shape index (κ3) is 3.40. The first-order valence-corrected chi connectivity index (χ1v) is 6.98. The van der Waals surface area contributed by atoms with E-state index in [2.05, 4.69) is 16.2 Å². The summed E-state index contributed by atoms with van der Waals surface area (Å²) < 4.78 is 4.91. The van der Waals surface area contributed by atoms with Crippen molar-refractivity contribution in [3.05, 3.63) is 35.9 Å². The first kappa shape index (κ1) is 15.5. The van der Waals surface area contributed by atoms with Crippen LogP contribution < -0.4 is 16.2 Å². The highest BCUT2D eigenvalue weighted by molar-refractivity contribution is 5.86. The molecular weight excluding hydrogens is 270 g/mol. The molecule has 1 aliphatic heterocycles. The number of hydrogen-bond acceptors (Lipinski definition) is 5. The van der Waals surface area contributed by atoms with E-state index in [0.29, 0.717) is 0 Å².